The van der Waals surface area contributed by atoms with Crippen molar-refractivity contribution in [1.29, 1.82) is 0 Å². The van der Waals surface area contributed by atoms with Crippen LogP contribution in [0.4, 0.5) is 5.69 Å². The van der Waals surface area contributed by atoms with Crippen LogP contribution in [-0.4, -0.2) is 16.6 Å². The van der Waals surface area contributed by atoms with Crippen LogP contribution in [0.2, 0.25) is 0 Å². The number of allylic oxidation sites excluding steroid dienone is 1. The highest BCUT2D eigenvalue weighted by Gasteiger charge is 2.32. The molecule has 0 bridgehead atoms. The second-order valence-corrected chi connectivity index (χ2v) is 13.6. The number of hydrogen-bond donors (Lipinski definition) is 0. The molecule has 2 heterocycles. The Kier molecular flexibility index (Phi) is 8.22. The highest BCUT2D eigenvalue weighted by molar-refractivity contribution is 9.11. The lowest BCUT2D eigenvalue weighted by Crippen LogP contribution is -2.38. The van der Waals surface area contributed by atoms with E-state index in [9.17, 15) is 14.9 Å². The molecule has 0 saturated carbocycles. The molecule has 0 N–H and O–H groups in total. The Morgan fingerprint density at radius 1 is 1.02 bits per heavy atom. The van der Waals surface area contributed by atoms with Crippen LogP contribution in [0.5, 0.6) is 11.5 Å². The number of methoxy groups -OCH3 is 1. The van der Waals surface area contributed by atoms with E-state index in [4.69, 9.17) is 14.5 Å². The lowest BCUT2D eigenvalue weighted by Gasteiger charge is -2.31. The molecule has 0 saturated heterocycles. The molecule has 5 aromatic rings. The number of nitro benzene ring substituents is 1. The van der Waals surface area contributed by atoms with Gasteiger partial charge >= 0.3 is 0 Å². The van der Waals surface area contributed by atoms with Gasteiger partial charge in [-0.3, -0.25) is 19.5 Å². The lowest BCUT2D eigenvalue weighted by atomic mass is 9.83. The van der Waals surface area contributed by atoms with Crippen LogP contribution in [0.15, 0.2) is 109 Å². The van der Waals surface area contributed by atoms with E-state index in [0.717, 1.165) is 52.1 Å². The number of non-ortho nitro benzene ring substituents is 1. The molecule has 11 heteroatoms. The summed E-state index contributed by atoms with van der Waals surface area (Å²) in [4.78, 5) is 30.5. The minimum Gasteiger partial charge on any atom is -0.497 e. The maximum atomic E-state index is 14.2. The van der Waals surface area contributed by atoms with Gasteiger partial charge in [-0.15, -0.1) is 0 Å². The number of rotatable bonds is 7. The van der Waals surface area contributed by atoms with E-state index in [1.807, 2.05) is 53.1 Å². The summed E-state index contributed by atoms with van der Waals surface area (Å²) in [7, 11) is 1.65. The summed E-state index contributed by atoms with van der Waals surface area (Å²) in [5.74, 6) is 1.32. The largest absolute Gasteiger partial charge is 0.497 e. The fourth-order valence-corrected chi connectivity index (χ4v) is 8.41. The molecule has 0 radical (unpaired) electrons. The van der Waals surface area contributed by atoms with E-state index in [0.29, 0.717) is 24.0 Å². The van der Waals surface area contributed by atoms with Gasteiger partial charge in [0.1, 0.15) is 18.1 Å². The minimum atomic E-state index is -0.431. The van der Waals surface area contributed by atoms with Crippen LogP contribution in [0.1, 0.15) is 40.3 Å². The number of aromatic nitrogens is 1. The monoisotopic (exact) mass is 757 g/mol. The van der Waals surface area contributed by atoms with Crippen LogP contribution in [0.3, 0.4) is 0 Å². The van der Waals surface area contributed by atoms with Gasteiger partial charge < -0.3 is 9.47 Å². The van der Waals surface area contributed by atoms with Gasteiger partial charge in [0.2, 0.25) is 0 Å². The van der Waals surface area contributed by atoms with Crippen molar-refractivity contribution in [1.82, 2.24) is 4.57 Å². The maximum absolute atomic E-state index is 14.2. The van der Waals surface area contributed by atoms with Gasteiger partial charge in [0, 0.05) is 17.7 Å². The number of aryl methyl sites for hydroxylation is 1. The fraction of sp³-hybridized carbons (Fsp3) is 0.143. The van der Waals surface area contributed by atoms with Crippen LogP contribution >= 0.6 is 43.2 Å². The van der Waals surface area contributed by atoms with Crippen LogP contribution in [-0.2, 0) is 13.0 Å². The first-order valence-electron chi connectivity index (χ1n) is 14.4. The molecular weight excluding hydrogens is 734 g/mol. The number of fused-ring (bicyclic) bond motifs is 3. The Labute approximate surface area is 284 Å². The number of nitro groups is 1. The van der Waals surface area contributed by atoms with E-state index >= 15 is 0 Å². The average Bonchev–Trinajstić information content (AvgIpc) is 3.37. The van der Waals surface area contributed by atoms with Gasteiger partial charge in [-0.25, -0.2) is 4.99 Å². The van der Waals surface area contributed by atoms with Gasteiger partial charge in [0.05, 0.1) is 37.2 Å². The second kappa shape index (κ2) is 12.5. The molecule has 1 aromatic heterocycles. The second-order valence-electron chi connectivity index (χ2n) is 10.9. The van der Waals surface area contributed by atoms with E-state index in [1.54, 1.807) is 19.2 Å². The third-order valence-corrected chi connectivity index (χ3v) is 10.3. The van der Waals surface area contributed by atoms with Gasteiger partial charge in [-0.1, -0.05) is 47.7 Å². The van der Waals surface area contributed by atoms with Gasteiger partial charge in [0.25, 0.3) is 11.2 Å². The average molecular weight is 759 g/mol. The maximum Gasteiger partial charge on any atom is 0.271 e. The first-order chi connectivity index (χ1) is 22.3. The van der Waals surface area contributed by atoms with Crippen molar-refractivity contribution >= 4 is 60.7 Å². The lowest BCUT2D eigenvalue weighted by molar-refractivity contribution is -0.384. The molecule has 46 heavy (non-hydrogen) atoms. The number of halogens is 2. The summed E-state index contributed by atoms with van der Waals surface area (Å²) in [5, 5.41) is 11.0. The molecule has 0 unspecified atom stereocenters. The van der Waals surface area contributed by atoms with Crippen LogP contribution in [0, 0.1) is 10.1 Å². The van der Waals surface area contributed by atoms with Crippen molar-refractivity contribution < 1.29 is 14.4 Å². The van der Waals surface area contributed by atoms with Crippen molar-refractivity contribution in [3.8, 4) is 11.5 Å². The Balaban J connectivity index is 1.28. The molecule has 4 aromatic carbocycles. The smallest absolute Gasteiger partial charge is 0.271 e. The van der Waals surface area contributed by atoms with Gasteiger partial charge in [0.15, 0.2) is 4.80 Å². The van der Waals surface area contributed by atoms with E-state index < -0.39 is 4.92 Å². The topological polar surface area (TPSA) is 96.0 Å². The zero-order valence-corrected chi connectivity index (χ0v) is 28.4. The van der Waals surface area contributed by atoms with E-state index in [1.165, 1.54) is 29.0 Å². The molecule has 0 spiro atoms. The van der Waals surface area contributed by atoms with Crippen LogP contribution < -0.4 is 24.4 Å². The third kappa shape index (κ3) is 5.63. The number of thiazole rings is 1. The summed E-state index contributed by atoms with van der Waals surface area (Å²) in [6.45, 7) is 0.227. The number of benzene rings is 4. The Morgan fingerprint density at radius 3 is 2.52 bits per heavy atom. The summed E-state index contributed by atoms with van der Waals surface area (Å²) < 4.78 is 15.4. The molecule has 1 atom stereocenters. The standard InChI is InChI=1S/C35H25Br2N3O5S/c1-44-25-7-4-6-23(18-25)32-27-14-11-22-5-2-3-8-26(22)31(27)38-35-39(32)34(41)30(46-35)17-21-15-28(36)33(29(37)16-21)45-19-20-9-12-24(13-10-20)40(42)43/h2-10,12-13,15-18,32H,11,14,19H2,1H3/b30-17+/t32-/m1/s1. The number of hydrogen-bond acceptors (Lipinski definition) is 7. The van der Waals surface area contributed by atoms with Crippen molar-refractivity contribution in [2.45, 2.75) is 25.5 Å². The van der Waals surface area contributed by atoms with Gasteiger partial charge in [-0.2, -0.15) is 0 Å². The molecule has 0 fully saturated rings. The van der Waals surface area contributed by atoms with E-state index in [-0.39, 0.29) is 23.9 Å². The van der Waals surface area contributed by atoms with Crippen molar-refractivity contribution in [2.75, 3.05) is 7.11 Å². The summed E-state index contributed by atoms with van der Waals surface area (Å²) in [5.41, 5.74) is 6.96. The SMILES string of the molecule is COc1cccc([C@@H]2C3=C(N=c4s/c(=C/c5cc(Br)c(OCc6ccc([N+](=O)[O-])cc6)c(Br)c5)c(=O)n42)c2ccccc2CC3)c1. The zero-order chi connectivity index (χ0) is 31.9. The molecule has 0 amide bonds. The normalized spacial score (nSPS) is 15.5. The third-order valence-electron chi connectivity index (χ3n) is 8.13. The number of ether oxygens (including phenoxy) is 2. The zero-order valence-electron chi connectivity index (χ0n) is 24.4. The Bertz CT molecular complexity index is 2220. The highest BCUT2D eigenvalue weighted by atomic mass is 79.9. The first kappa shape index (κ1) is 30.3. The molecule has 2 aliphatic rings. The summed E-state index contributed by atoms with van der Waals surface area (Å²) in [6.07, 6.45) is 3.57. The quantitative estimate of drug-likeness (QED) is 0.128. The minimum absolute atomic E-state index is 0.0283. The predicted molar refractivity (Wildman–Crippen MR) is 185 cm³/mol. The molecule has 230 valence electrons. The first-order valence-corrected chi connectivity index (χ1v) is 16.8. The highest BCUT2D eigenvalue weighted by Crippen LogP contribution is 2.42. The summed E-state index contributed by atoms with van der Waals surface area (Å²) >= 11 is 8.62. The molecule has 7 rings (SSSR count). The van der Waals surface area contributed by atoms with Crippen LogP contribution in [0.25, 0.3) is 11.8 Å². The predicted octanol–water partition coefficient (Wildman–Crippen LogP) is 7.34. The van der Waals surface area contributed by atoms with E-state index in [2.05, 4.69) is 50.1 Å². The molecule has 1 aliphatic heterocycles. The number of nitrogens with zero attached hydrogens (tertiary/aromatic N) is 3. The molecule has 1 aliphatic carbocycles. The fourth-order valence-electron chi connectivity index (χ4n) is 5.96. The Hall–Kier alpha value is -4.32. The molecule has 8 nitrogen and oxygen atoms in total. The van der Waals surface area contributed by atoms with Crippen molar-refractivity contribution in [3.63, 3.8) is 0 Å². The van der Waals surface area contributed by atoms with Crippen molar-refractivity contribution in [3.05, 3.63) is 157 Å². The Morgan fingerprint density at radius 2 is 1.78 bits per heavy atom. The molecular formula is C35H25Br2N3O5S. The summed E-state index contributed by atoms with van der Waals surface area (Å²) in [6, 6.07) is 26.0. The van der Waals surface area contributed by atoms with Crippen molar-refractivity contribution in [2.24, 2.45) is 4.99 Å². The van der Waals surface area contributed by atoms with Gasteiger partial charge in [-0.05, 0) is 115 Å².